The lowest BCUT2D eigenvalue weighted by Gasteiger charge is -2.31. The number of aliphatic carboxylic acids is 1. The average molecular weight is 393 g/mol. The van der Waals surface area contributed by atoms with E-state index in [9.17, 15) is 14.4 Å². The molecule has 1 aliphatic heterocycles. The molecular formula is C17H19N3O4S2. The Labute approximate surface area is 158 Å². The fourth-order valence-corrected chi connectivity index (χ4v) is 4.44. The van der Waals surface area contributed by atoms with Gasteiger partial charge in [-0.1, -0.05) is 6.07 Å². The second kappa shape index (κ2) is 7.96. The third kappa shape index (κ3) is 4.10. The van der Waals surface area contributed by atoms with E-state index in [-0.39, 0.29) is 24.3 Å². The monoisotopic (exact) mass is 393 g/mol. The SMILES string of the molecule is CN(CC(=O)N1CCC(C(=O)O)CC1)C(=O)c1csc(-c2cccs2)n1. The molecule has 0 unspecified atom stereocenters. The second-order valence-electron chi connectivity index (χ2n) is 6.17. The van der Waals surface area contributed by atoms with Gasteiger partial charge in [0.15, 0.2) is 0 Å². The zero-order valence-corrected chi connectivity index (χ0v) is 15.9. The van der Waals surface area contributed by atoms with Gasteiger partial charge in [0.25, 0.3) is 5.91 Å². The van der Waals surface area contributed by atoms with Crippen molar-refractivity contribution in [3.05, 3.63) is 28.6 Å². The molecule has 2 amide bonds. The topological polar surface area (TPSA) is 90.8 Å². The first-order valence-corrected chi connectivity index (χ1v) is 9.97. The van der Waals surface area contributed by atoms with Gasteiger partial charge in [0.1, 0.15) is 10.7 Å². The summed E-state index contributed by atoms with van der Waals surface area (Å²) in [6.07, 6.45) is 0.907. The average Bonchev–Trinajstić information content (AvgIpc) is 3.32. The molecule has 0 bridgehead atoms. The first kappa shape index (κ1) is 18.5. The largest absolute Gasteiger partial charge is 0.481 e. The third-order valence-electron chi connectivity index (χ3n) is 4.37. The van der Waals surface area contributed by atoms with Gasteiger partial charge in [-0.3, -0.25) is 14.4 Å². The summed E-state index contributed by atoms with van der Waals surface area (Å²) in [6, 6.07) is 3.88. The third-order valence-corrected chi connectivity index (χ3v) is 6.25. The molecule has 0 atom stereocenters. The van der Waals surface area contributed by atoms with Crippen molar-refractivity contribution in [2.75, 3.05) is 26.7 Å². The second-order valence-corrected chi connectivity index (χ2v) is 7.98. The van der Waals surface area contributed by atoms with Crippen molar-refractivity contribution in [3.8, 4) is 9.88 Å². The Morgan fingerprint density at radius 3 is 2.65 bits per heavy atom. The number of carboxylic acid groups (broad SMARTS) is 1. The number of likely N-dealkylation sites (tertiary alicyclic amines) is 1. The molecule has 1 saturated heterocycles. The summed E-state index contributed by atoms with van der Waals surface area (Å²) in [7, 11) is 1.58. The van der Waals surface area contributed by atoms with Crippen LogP contribution in [0.15, 0.2) is 22.9 Å². The zero-order chi connectivity index (χ0) is 18.7. The molecule has 1 N–H and O–H groups in total. The van der Waals surface area contributed by atoms with Crippen LogP contribution >= 0.6 is 22.7 Å². The molecule has 2 aromatic heterocycles. The standard InChI is InChI=1S/C17H19N3O4S2/c1-19(9-14(21)20-6-4-11(5-7-20)17(23)24)16(22)12-10-26-15(18-12)13-3-2-8-25-13/h2-3,8,10-11H,4-7,9H2,1H3,(H,23,24). The van der Waals surface area contributed by atoms with Crippen LogP contribution in [0.1, 0.15) is 23.3 Å². The van der Waals surface area contributed by atoms with Gasteiger partial charge >= 0.3 is 5.97 Å². The summed E-state index contributed by atoms with van der Waals surface area (Å²) in [5.41, 5.74) is 0.332. The summed E-state index contributed by atoms with van der Waals surface area (Å²) >= 11 is 2.97. The van der Waals surface area contributed by atoms with Crippen molar-refractivity contribution in [1.82, 2.24) is 14.8 Å². The fraction of sp³-hybridized carbons (Fsp3) is 0.412. The van der Waals surface area contributed by atoms with Crippen LogP contribution in [-0.2, 0) is 9.59 Å². The predicted molar refractivity (Wildman–Crippen MR) is 99.3 cm³/mol. The summed E-state index contributed by atoms with van der Waals surface area (Å²) in [6.45, 7) is 0.788. The molecule has 0 radical (unpaired) electrons. The smallest absolute Gasteiger partial charge is 0.306 e. The molecule has 0 saturated carbocycles. The van der Waals surface area contributed by atoms with Gasteiger partial charge < -0.3 is 14.9 Å². The molecule has 0 aromatic carbocycles. The number of amides is 2. The fourth-order valence-electron chi connectivity index (χ4n) is 2.83. The first-order chi connectivity index (χ1) is 12.5. The number of hydrogen-bond donors (Lipinski definition) is 1. The highest BCUT2D eigenvalue weighted by Crippen LogP contribution is 2.28. The number of thiophene rings is 1. The Bertz CT molecular complexity index is 795. The van der Waals surface area contributed by atoms with Crippen LogP contribution in [0.5, 0.6) is 0 Å². The Morgan fingerprint density at radius 2 is 2.04 bits per heavy atom. The summed E-state index contributed by atoms with van der Waals surface area (Å²) in [4.78, 5) is 44.2. The van der Waals surface area contributed by atoms with Crippen molar-refractivity contribution in [3.63, 3.8) is 0 Å². The molecule has 9 heteroatoms. The van der Waals surface area contributed by atoms with E-state index in [1.807, 2.05) is 17.5 Å². The first-order valence-electron chi connectivity index (χ1n) is 8.21. The molecule has 0 aliphatic carbocycles. The number of hydrogen-bond acceptors (Lipinski definition) is 6. The number of carbonyl (C=O) groups excluding carboxylic acids is 2. The minimum absolute atomic E-state index is 0.0393. The van der Waals surface area contributed by atoms with Crippen molar-refractivity contribution >= 4 is 40.5 Å². The Morgan fingerprint density at radius 1 is 1.31 bits per heavy atom. The van der Waals surface area contributed by atoms with E-state index in [1.165, 1.54) is 16.2 Å². The van der Waals surface area contributed by atoms with Crippen LogP contribution in [0.2, 0.25) is 0 Å². The molecule has 1 aliphatic rings. The Balaban J connectivity index is 1.56. The summed E-state index contributed by atoms with van der Waals surface area (Å²) in [5, 5.41) is 13.5. The molecular weight excluding hydrogens is 374 g/mol. The summed E-state index contributed by atoms with van der Waals surface area (Å²) < 4.78 is 0. The van der Waals surface area contributed by atoms with Gasteiger partial charge in [-0.2, -0.15) is 0 Å². The Hall–Kier alpha value is -2.26. The molecule has 2 aromatic rings. The van der Waals surface area contributed by atoms with E-state index in [4.69, 9.17) is 5.11 Å². The summed E-state index contributed by atoms with van der Waals surface area (Å²) in [5.74, 6) is -1.66. The lowest BCUT2D eigenvalue weighted by molar-refractivity contribution is -0.145. The minimum atomic E-state index is -0.811. The molecule has 26 heavy (non-hydrogen) atoms. The maximum absolute atomic E-state index is 12.5. The molecule has 0 spiro atoms. The van der Waals surface area contributed by atoms with E-state index in [1.54, 1.807) is 28.7 Å². The van der Waals surface area contributed by atoms with Crippen molar-refractivity contribution in [2.45, 2.75) is 12.8 Å². The predicted octanol–water partition coefficient (Wildman–Crippen LogP) is 2.27. The van der Waals surface area contributed by atoms with Gasteiger partial charge in [0.2, 0.25) is 5.91 Å². The van der Waals surface area contributed by atoms with Gasteiger partial charge in [0.05, 0.1) is 17.3 Å². The van der Waals surface area contributed by atoms with Gasteiger partial charge in [-0.25, -0.2) is 4.98 Å². The Kier molecular flexibility index (Phi) is 5.67. The normalized spacial score (nSPS) is 15.0. The highest BCUT2D eigenvalue weighted by atomic mass is 32.1. The number of piperidine rings is 1. The number of aromatic nitrogens is 1. The quantitative estimate of drug-likeness (QED) is 0.841. The van der Waals surface area contributed by atoms with Crippen LogP contribution in [0.3, 0.4) is 0 Å². The van der Waals surface area contributed by atoms with Crippen LogP contribution < -0.4 is 0 Å². The van der Waals surface area contributed by atoms with E-state index >= 15 is 0 Å². The number of thiazole rings is 1. The highest BCUT2D eigenvalue weighted by molar-refractivity contribution is 7.20. The number of likely N-dealkylation sites (N-methyl/N-ethyl adjacent to an activating group) is 1. The lowest BCUT2D eigenvalue weighted by atomic mass is 9.97. The van der Waals surface area contributed by atoms with Crippen LogP contribution in [0, 0.1) is 5.92 Å². The van der Waals surface area contributed by atoms with Crippen LogP contribution in [0.25, 0.3) is 9.88 Å². The van der Waals surface area contributed by atoms with Gasteiger partial charge in [0, 0.05) is 25.5 Å². The maximum Gasteiger partial charge on any atom is 0.306 e. The number of carbonyl (C=O) groups is 3. The zero-order valence-electron chi connectivity index (χ0n) is 14.3. The molecule has 138 valence electrons. The van der Waals surface area contributed by atoms with E-state index < -0.39 is 5.97 Å². The van der Waals surface area contributed by atoms with Crippen molar-refractivity contribution in [1.29, 1.82) is 0 Å². The lowest BCUT2D eigenvalue weighted by Crippen LogP contribution is -2.45. The molecule has 1 fully saturated rings. The molecule has 7 nitrogen and oxygen atoms in total. The van der Waals surface area contributed by atoms with Crippen LogP contribution in [-0.4, -0.2) is 64.4 Å². The number of rotatable bonds is 5. The number of nitrogens with zero attached hydrogens (tertiary/aromatic N) is 3. The molecule has 3 rings (SSSR count). The minimum Gasteiger partial charge on any atom is -0.481 e. The van der Waals surface area contributed by atoms with E-state index in [0.717, 1.165) is 9.88 Å². The molecule has 3 heterocycles. The van der Waals surface area contributed by atoms with Crippen LogP contribution in [0.4, 0.5) is 0 Å². The van der Waals surface area contributed by atoms with Crippen molar-refractivity contribution < 1.29 is 19.5 Å². The van der Waals surface area contributed by atoms with Gasteiger partial charge in [-0.05, 0) is 24.3 Å². The number of carboxylic acids is 1. The van der Waals surface area contributed by atoms with E-state index in [0.29, 0.717) is 31.6 Å². The van der Waals surface area contributed by atoms with E-state index in [2.05, 4.69) is 4.98 Å². The van der Waals surface area contributed by atoms with Crippen molar-refractivity contribution in [2.24, 2.45) is 5.92 Å². The highest BCUT2D eigenvalue weighted by Gasteiger charge is 2.28. The van der Waals surface area contributed by atoms with Gasteiger partial charge in [-0.15, -0.1) is 22.7 Å². The maximum atomic E-state index is 12.5.